The van der Waals surface area contributed by atoms with Crippen molar-refractivity contribution in [1.29, 1.82) is 0 Å². The maximum absolute atomic E-state index is 12.2. The largest absolute Gasteiger partial charge is 0.468 e. The lowest BCUT2D eigenvalue weighted by Gasteiger charge is -2.31. The molecule has 1 aliphatic rings. The van der Waals surface area contributed by atoms with Gasteiger partial charge in [-0.15, -0.1) is 0 Å². The summed E-state index contributed by atoms with van der Waals surface area (Å²) in [7, 11) is 3.09. The number of esters is 1. The van der Waals surface area contributed by atoms with E-state index in [2.05, 4.69) is 4.74 Å². The highest BCUT2D eigenvalue weighted by atomic mass is 16.5. The molecule has 4 nitrogen and oxygen atoms in total. The predicted molar refractivity (Wildman–Crippen MR) is 60.8 cm³/mol. The van der Waals surface area contributed by atoms with Crippen molar-refractivity contribution in [2.24, 2.45) is 5.41 Å². The molecule has 1 saturated carbocycles. The van der Waals surface area contributed by atoms with Gasteiger partial charge < -0.3 is 9.64 Å². The lowest BCUT2D eigenvalue weighted by atomic mass is 9.91. The van der Waals surface area contributed by atoms with Crippen molar-refractivity contribution < 1.29 is 14.3 Å². The van der Waals surface area contributed by atoms with Gasteiger partial charge in [0.2, 0.25) is 5.91 Å². The van der Waals surface area contributed by atoms with Gasteiger partial charge in [0, 0.05) is 13.1 Å². The predicted octanol–water partition coefficient (Wildman–Crippen LogP) is 1.59. The summed E-state index contributed by atoms with van der Waals surface area (Å²) in [6.07, 6.45) is 4.42. The van der Waals surface area contributed by atoms with Gasteiger partial charge in [-0.3, -0.25) is 9.59 Å². The Balaban J connectivity index is 2.72. The second-order valence-corrected chi connectivity index (χ2v) is 4.97. The summed E-state index contributed by atoms with van der Waals surface area (Å²) in [6.45, 7) is 3.24. The van der Waals surface area contributed by atoms with E-state index in [-0.39, 0.29) is 11.9 Å². The minimum Gasteiger partial charge on any atom is -0.468 e. The SMILES string of the molecule is COC(=O)C(C)(C)C(=O)N(C)C1CCCC1. The van der Waals surface area contributed by atoms with Crippen LogP contribution in [0.15, 0.2) is 0 Å². The number of carbonyl (C=O) groups is 2. The molecule has 1 amide bonds. The van der Waals surface area contributed by atoms with Crippen LogP contribution in [-0.4, -0.2) is 37.0 Å². The van der Waals surface area contributed by atoms with Crippen molar-refractivity contribution >= 4 is 11.9 Å². The van der Waals surface area contributed by atoms with Crippen molar-refractivity contribution in [2.75, 3.05) is 14.2 Å². The highest BCUT2D eigenvalue weighted by Crippen LogP contribution is 2.27. The van der Waals surface area contributed by atoms with Gasteiger partial charge in [0.1, 0.15) is 5.41 Å². The number of amides is 1. The normalized spacial score (nSPS) is 17.2. The molecule has 0 aromatic rings. The maximum atomic E-state index is 12.2. The first-order chi connectivity index (χ1) is 7.41. The standard InChI is InChI=1S/C12H21NO3/c1-12(2,11(15)16-4)10(14)13(3)9-7-5-6-8-9/h9H,5-8H2,1-4H3. The van der Waals surface area contributed by atoms with E-state index < -0.39 is 11.4 Å². The Labute approximate surface area is 96.9 Å². The molecule has 0 spiro atoms. The van der Waals surface area contributed by atoms with Crippen LogP contribution in [0, 0.1) is 5.41 Å². The van der Waals surface area contributed by atoms with Crippen LogP contribution >= 0.6 is 0 Å². The topological polar surface area (TPSA) is 46.6 Å². The fraction of sp³-hybridized carbons (Fsp3) is 0.833. The van der Waals surface area contributed by atoms with Crippen LogP contribution in [0.1, 0.15) is 39.5 Å². The second-order valence-electron chi connectivity index (χ2n) is 4.97. The van der Waals surface area contributed by atoms with Gasteiger partial charge >= 0.3 is 5.97 Å². The first kappa shape index (κ1) is 13.0. The molecule has 0 aliphatic heterocycles. The molecule has 0 radical (unpaired) electrons. The Kier molecular flexibility index (Phi) is 3.94. The number of rotatable bonds is 3. The fourth-order valence-corrected chi connectivity index (χ4v) is 2.24. The van der Waals surface area contributed by atoms with Crippen molar-refractivity contribution in [3.63, 3.8) is 0 Å². The lowest BCUT2D eigenvalue weighted by molar-refractivity contribution is -0.161. The zero-order valence-electron chi connectivity index (χ0n) is 10.6. The highest BCUT2D eigenvalue weighted by molar-refractivity contribution is 6.01. The first-order valence-corrected chi connectivity index (χ1v) is 5.77. The number of ether oxygens (including phenoxy) is 1. The van der Waals surface area contributed by atoms with Crippen LogP contribution in [0.25, 0.3) is 0 Å². The summed E-state index contributed by atoms with van der Waals surface area (Å²) < 4.78 is 4.66. The molecular formula is C12H21NO3. The number of hydrogen-bond acceptors (Lipinski definition) is 3. The third kappa shape index (κ3) is 2.36. The minimum atomic E-state index is -1.08. The van der Waals surface area contributed by atoms with Crippen LogP contribution in [0.5, 0.6) is 0 Å². The zero-order valence-corrected chi connectivity index (χ0v) is 10.6. The first-order valence-electron chi connectivity index (χ1n) is 5.77. The van der Waals surface area contributed by atoms with E-state index in [0.29, 0.717) is 0 Å². The van der Waals surface area contributed by atoms with Gasteiger partial charge in [-0.25, -0.2) is 0 Å². The zero-order chi connectivity index (χ0) is 12.3. The summed E-state index contributed by atoms with van der Waals surface area (Å²) in [4.78, 5) is 25.4. The van der Waals surface area contributed by atoms with E-state index in [1.807, 2.05) is 0 Å². The molecule has 0 N–H and O–H groups in total. The number of methoxy groups -OCH3 is 1. The number of hydrogen-bond donors (Lipinski definition) is 0. The maximum Gasteiger partial charge on any atom is 0.320 e. The van der Waals surface area contributed by atoms with Gasteiger partial charge in [-0.1, -0.05) is 12.8 Å². The van der Waals surface area contributed by atoms with E-state index in [1.165, 1.54) is 20.0 Å². The molecule has 0 atom stereocenters. The Hall–Kier alpha value is -1.06. The molecule has 0 unspecified atom stereocenters. The molecule has 0 saturated heterocycles. The summed E-state index contributed by atoms with van der Waals surface area (Å²) in [6, 6.07) is 0.288. The monoisotopic (exact) mass is 227 g/mol. The molecule has 0 aromatic heterocycles. The van der Waals surface area contributed by atoms with Crippen molar-refractivity contribution in [2.45, 2.75) is 45.6 Å². The van der Waals surface area contributed by atoms with Crippen molar-refractivity contribution in [1.82, 2.24) is 4.90 Å². The molecule has 0 bridgehead atoms. The summed E-state index contributed by atoms with van der Waals surface area (Å²) in [5, 5.41) is 0. The molecule has 1 rings (SSSR count). The number of nitrogens with zero attached hydrogens (tertiary/aromatic N) is 1. The van der Waals surface area contributed by atoms with Crippen LogP contribution in [-0.2, 0) is 14.3 Å². The number of carbonyl (C=O) groups excluding carboxylic acids is 2. The molecule has 1 fully saturated rings. The van der Waals surface area contributed by atoms with Gasteiger partial charge in [-0.05, 0) is 26.7 Å². The van der Waals surface area contributed by atoms with Crippen LogP contribution in [0.2, 0.25) is 0 Å². The van der Waals surface area contributed by atoms with E-state index in [0.717, 1.165) is 12.8 Å². The average molecular weight is 227 g/mol. The van der Waals surface area contributed by atoms with E-state index in [4.69, 9.17) is 0 Å². The van der Waals surface area contributed by atoms with Gasteiger partial charge in [-0.2, -0.15) is 0 Å². The summed E-state index contributed by atoms with van der Waals surface area (Å²) in [5.41, 5.74) is -1.08. The van der Waals surface area contributed by atoms with Crippen molar-refractivity contribution in [3.8, 4) is 0 Å². The Morgan fingerprint density at radius 1 is 1.25 bits per heavy atom. The molecule has 16 heavy (non-hydrogen) atoms. The van der Waals surface area contributed by atoms with E-state index >= 15 is 0 Å². The Morgan fingerprint density at radius 2 is 1.75 bits per heavy atom. The van der Waals surface area contributed by atoms with Crippen LogP contribution in [0.3, 0.4) is 0 Å². The van der Waals surface area contributed by atoms with Crippen LogP contribution < -0.4 is 0 Å². The van der Waals surface area contributed by atoms with Gasteiger partial charge in [0.25, 0.3) is 0 Å². The van der Waals surface area contributed by atoms with Gasteiger partial charge in [0.15, 0.2) is 0 Å². The summed E-state index contributed by atoms with van der Waals surface area (Å²) >= 11 is 0. The highest BCUT2D eigenvalue weighted by Gasteiger charge is 2.41. The smallest absolute Gasteiger partial charge is 0.320 e. The second kappa shape index (κ2) is 4.85. The molecule has 0 aromatic carbocycles. The third-order valence-electron chi connectivity index (χ3n) is 3.42. The fourth-order valence-electron chi connectivity index (χ4n) is 2.24. The van der Waals surface area contributed by atoms with Crippen molar-refractivity contribution in [3.05, 3.63) is 0 Å². The van der Waals surface area contributed by atoms with Gasteiger partial charge in [0.05, 0.1) is 7.11 Å². The van der Waals surface area contributed by atoms with E-state index in [9.17, 15) is 9.59 Å². The molecular weight excluding hydrogens is 206 g/mol. The van der Waals surface area contributed by atoms with Crippen LogP contribution in [0.4, 0.5) is 0 Å². The third-order valence-corrected chi connectivity index (χ3v) is 3.42. The Morgan fingerprint density at radius 3 is 2.19 bits per heavy atom. The van der Waals surface area contributed by atoms with E-state index in [1.54, 1.807) is 25.8 Å². The lowest BCUT2D eigenvalue weighted by Crippen LogP contribution is -2.47. The summed E-state index contributed by atoms with van der Waals surface area (Å²) in [5.74, 6) is -0.617. The minimum absolute atomic E-state index is 0.147. The molecule has 92 valence electrons. The Bertz CT molecular complexity index is 280. The quantitative estimate of drug-likeness (QED) is 0.543. The average Bonchev–Trinajstić information content (AvgIpc) is 2.79. The molecule has 1 aliphatic carbocycles. The molecule has 0 heterocycles. The molecule has 4 heteroatoms.